The molecule has 1 amide bonds. The van der Waals surface area contributed by atoms with Crippen LogP contribution in [0.4, 0.5) is 0 Å². The van der Waals surface area contributed by atoms with Gasteiger partial charge in [0.05, 0.1) is 15.3 Å². The van der Waals surface area contributed by atoms with Crippen LogP contribution in [0, 0.1) is 11.3 Å². The number of nitriles is 1. The Morgan fingerprint density at radius 3 is 2.93 bits per heavy atom. The molecule has 5 heteroatoms. The number of hydrogen-bond donors (Lipinski definition) is 1. The van der Waals surface area contributed by atoms with Crippen molar-refractivity contribution in [1.82, 2.24) is 5.32 Å². The number of nitrogens with zero attached hydrogens (tertiary/aromatic N) is 1. The van der Waals surface area contributed by atoms with Crippen LogP contribution in [0.15, 0.2) is 12.1 Å². The Kier molecular flexibility index (Phi) is 4.60. The lowest BCUT2D eigenvalue weighted by Crippen LogP contribution is -2.33. The van der Waals surface area contributed by atoms with Crippen LogP contribution in [0.25, 0.3) is 0 Å². The molecule has 0 aromatic carbocycles. The summed E-state index contributed by atoms with van der Waals surface area (Å²) in [7, 11) is 0. The van der Waals surface area contributed by atoms with Crippen molar-refractivity contribution >= 4 is 28.8 Å². The number of nitrogens with one attached hydrogen (secondary N) is 1. The van der Waals surface area contributed by atoms with Crippen LogP contribution in [0.2, 0.25) is 4.34 Å². The minimum absolute atomic E-state index is 0.230. The molecule has 0 spiro atoms. The fraction of sp³-hybridized carbons (Fsp3) is 0.400. The van der Waals surface area contributed by atoms with Gasteiger partial charge < -0.3 is 5.32 Å². The Hall–Kier alpha value is -1.05. The molecule has 0 aliphatic carbocycles. The summed E-state index contributed by atoms with van der Waals surface area (Å²) in [6, 6.07) is 4.96. The molecule has 15 heavy (non-hydrogen) atoms. The number of carbonyl (C=O) groups is 1. The van der Waals surface area contributed by atoms with Crippen LogP contribution < -0.4 is 5.32 Å². The Morgan fingerprint density at radius 1 is 1.73 bits per heavy atom. The molecule has 0 saturated heterocycles. The number of amides is 1. The highest BCUT2D eigenvalue weighted by Crippen LogP contribution is 2.21. The molecular formula is C10H11ClN2OS. The fourth-order valence-electron chi connectivity index (χ4n) is 1.12. The number of carbonyl (C=O) groups excluding carboxylic acids is 1. The number of rotatable bonds is 4. The van der Waals surface area contributed by atoms with Crippen molar-refractivity contribution in [1.29, 1.82) is 5.26 Å². The van der Waals surface area contributed by atoms with E-state index in [0.29, 0.717) is 15.6 Å². The van der Waals surface area contributed by atoms with E-state index in [1.54, 1.807) is 12.1 Å². The minimum atomic E-state index is -0.414. The molecule has 1 rings (SSSR count). The zero-order valence-corrected chi connectivity index (χ0v) is 9.86. The molecule has 0 radical (unpaired) electrons. The summed E-state index contributed by atoms with van der Waals surface area (Å²) in [6.07, 6.45) is 1.53. The van der Waals surface area contributed by atoms with Crippen LogP contribution in [-0.4, -0.2) is 11.9 Å². The van der Waals surface area contributed by atoms with E-state index < -0.39 is 6.04 Å². The molecule has 1 atom stereocenters. The van der Waals surface area contributed by atoms with E-state index >= 15 is 0 Å². The van der Waals surface area contributed by atoms with Crippen LogP contribution in [0.5, 0.6) is 0 Å². The van der Waals surface area contributed by atoms with Gasteiger partial charge in [-0.15, -0.1) is 11.3 Å². The minimum Gasteiger partial charge on any atom is -0.336 e. The van der Waals surface area contributed by atoms with Gasteiger partial charge in [0.2, 0.25) is 0 Å². The van der Waals surface area contributed by atoms with Gasteiger partial charge in [0.25, 0.3) is 5.91 Å². The van der Waals surface area contributed by atoms with Crippen molar-refractivity contribution < 1.29 is 4.79 Å². The summed E-state index contributed by atoms with van der Waals surface area (Å²) in [5.41, 5.74) is 0. The molecule has 1 N–H and O–H groups in total. The Morgan fingerprint density at radius 2 is 2.47 bits per heavy atom. The molecule has 80 valence electrons. The first-order valence-corrected chi connectivity index (χ1v) is 5.82. The SMILES string of the molecule is CCCC(C#N)NC(=O)c1ccc(Cl)s1. The smallest absolute Gasteiger partial charge is 0.262 e. The van der Waals surface area contributed by atoms with Gasteiger partial charge in [-0.2, -0.15) is 5.26 Å². The lowest BCUT2D eigenvalue weighted by Gasteiger charge is -2.08. The average molecular weight is 243 g/mol. The van der Waals surface area contributed by atoms with Gasteiger partial charge >= 0.3 is 0 Å². The predicted molar refractivity (Wildman–Crippen MR) is 61.1 cm³/mol. The lowest BCUT2D eigenvalue weighted by molar-refractivity contribution is 0.0948. The second kappa shape index (κ2) is 5.74. The van der Waals surface area contributed by atoms with Gasteiger partial charge in [0.1, 0.15) is 6.04 Å². The highest BCUT2D eigenvalue weighted by Gasteiger charge is 2.13. The third-order valence-corrected chi connectivity index (χ3v) is 3.07. The van der Waals surface area contributed by atoms with Crippen molar-refractivity contribution in [3.63, 3.8) is 0 Å². The number of hydrogen-bond acceptors (Lipinski definition) is 3. The summed E-state index contributed by atoms with van der Waals surface area (Å²) < 4.78 is 0.573. The predicted octanol–water partition coefficient (Wildman–Crippen LogP) is 2.82. The van der Waals surface area contributed by atoms with Crippen molar-refractivity contribution in [2.45, 2.75) is 25.8 Å². The molecular weight excluding hydrogens is 232 g/mol. The first-order chi connectivity index (χ1) is 7.17. The standard InChI is InChI=1S/C10H11ClN2OS/c1-2-3-7(6-12)13-10(14)8-4-5-9(11)15-8/h4-5,7H,2-3H2,1H3,(H,13,14). The zero-order chi connectivity index (χ0) is 11.3. The second-order valence-electron chi connectivity index (χ2n) is 3.05. The molecule has 0 fully saturated rings. The van der Waals surface area contributed by atoms with Crippen LogP contribution in [0.1, 0.15) is 29.4 Å². The van der Waals surface area contributed by atoms with Gasteiger partial charge in [-0.25, -0.2) is 0 Å². The van der Waals surface area contributed by atoms with Gasteiger partial charge in [-0.3, -0.25) is 4.79 Å². The molecule has 1 unspecified atom stereocenters. The Balaban J connectivity index is 2.59. The maximum Gasteiger partial charge on any atom is 0.262 e. The molecule has 1 heterocycles. The molecule has 0 aliphatic heterocycles. The van der Waals surface area contributed by atoms with E-state index in [2.05, 4.69) is 11.4 Å². The molecule has 0 bridgehead atoms. The third kappa shape index (κ3) is 3.54. The second-order valence-corrected chi connectivity index (χ2v) is 4.76. The fourth-order valence-corrected chi connectivity index (χ4v) is 2.07. The third-order valence-electron chi connectivity index (χ3n) is 1.84. The van der Waals surface area contributed by atoms with Gasteiger partial charge in [0, 0.05) is 0 Å². The lowest BCUT2D eigenvalue weighted by atomic mass is 10.2. The molecule has 0 aliphatic rings. The van der Waals surface area contributed by atoms with E-state index in [-0.39, 0.29) is 5.91 Å². The summed E-state index contributed by atoms with van der Waals surface area (Å²) in [6.45, 7) is 1.97. The zero-order valence-electron chi connectivity index (χ0n) is 8.29. The molecule has 0 saturated carbocycles. The van der Waals surface area contributed by atoms with Crippen molar-refractivity contribution in [3.05, 3.63) is 21.3 Å². The van der Waals surface area contributed by atoms with Crippen molar-refractivity contribution in [3.8, 4) is 6.07 Å². The maximum atomic E-state index is 11.6. The largest absolute Gasteiger partial charge is 0.336 e. The quantitative estimate of drug-likeness (QED) is 0.883. The number of thiophene rings is 1. The summed E-state index contributed by atoms with van der Waals surface area (Å²) in [4.78, 5) is 12.1. The summed E-state index contributed by atoms with van der Waals surface area (Å²) in [5.74, 6) is -0.230. The summed E-state index contributed by atoms with van der Waals surface area (Å²) in [5, 5.41) is 11.4. The van der Waals surface area contributed by atoms with Crippen LogP contribution in [-0.2, 0) is 0 Å². The van der Waals surface area contributed by atoms with E-state index in [4.69, 9.17) is 16.9 Å². The highest BCUT2D eigenvalue weighted by atomic mass is 35.5. The number of halogens is 1. The van der Waals surface area contributed by atoms with Crippen molar-refractivity contribution in [2.75, 3.05) is 0 Å². The summed E-state index contributed by atoms with van der Waals surface area (Å²) >= 11 is 6.92. The Labute approximate surface area is 97.7 Å². The topological polar surface area (TPSA) is 52.9 Å². The first kappa shape index (κ1) is 12.0. The van der Waals surface area contributed by atoms with E-state index in [9.17, 15) is 4.79 Å². The Bertz CT molecular complexity index is 383. The normalized spacial score (nSPS) is 11.8. The highest BCUT2D eigenvalue weighted by molar-refractivity contribution is 7.17. The van der Waals surface area contributed by atoms with E-state index in [1.807, 2.05) is 6.92 Å². The van der Waals surface area contributed by atoms with E-state index in [0.717, 1.165) is 6.42 Å². The monoisotopic (exact) mass is 242 g/mol. The first-order valence-electron chi connectivity index (χ1n) is 4.63. The van der Waals surface area contributed by atoms with Crippen molar-refractivity contribution in [2.24, 2.45) is 0 Å². The van der Waals surface area contributed by atoms with Crippen LogP contribution in [0.3, 0.4) is 0 Å². The van der Waals surface area contributed by atoms with Gasteiger partial charge in [0.15, 0.2) is 0 Å². The van der Waals surface area contributed by atoms with Gasteiger partial charge in [-0.05, 0) is 18.6 Å². The maximum absolute atomic E-state index is 11.6. The van der Waals surface area contributed by atoms with E-state index in [1.165, 1.54) is 11.3 Å². The molecule has 1 aromatic rings. The van der Waals surface area contributed by atoms with Crippen LogP contribution >= 0.6 is 22.9 Å². The average Bonchev–Trinajstić information content (AvgIpc) is 2.64. The van der Waals surface area contributed by atoms with Gasteiger partial charge in [-0.1, -0.05) is 24.9 Å². The molecule has 1 aromatic heterocycles. The molecule has 3 nitrogen and oxygen atoms in total.